The first-order valence-corrected chi connectivity index (χ1v) is 3.22. The number of carbonyl (C=O) groups is 1. The van der Waals surface area contributed by atoms with E-state index in [0.717, 1.165) is 0 Å². The zero-order chi connectivity index (χ0) is 7.98. The average Bonchev–Trinajstić information content (AvgIpc) is 1.88. The molecule has 0 aliphatic carbocycles. The summed E-state index contributed by atoms with van der Waals surface area (Å²) in [6.07, 6.45) is 0.155. The van der Waals surface area contributed by atoms with Crippen molar-refractivity contribution in [2.75, 3.05) is 5.88 Å². The molecule has 1 atom stereocenters. The van der Waals surface area contributed by atoms with Crippen molar-refractivity contribution in [3.8, 4) is 11.8 Å². The fourth-order valence-electron chi connectivity index (χ4n) is 0.317. The lowest BCUT2D eigenvalue weighted by Crippen LogP contribution is -2.29. The van der Waals surface area contributed by atoms with Gasteiger partial charge in [-0.05, 0) is 0 Å². The molecule has 0 aliphatic rings. The lowest BCUT2D eigenvalue weighted by atomic mass is 10.2. The van der Waals surface area contributed by atoms with Crippen LogP contribution in [0.15, 0.2) is 0 Å². The van der Waals surface area contributed by atoms with Gasteiger partial charge >= 0.3 is 5.97 Å². The van der Waals surface area contributed by atoms with Crippen LogP contribution >= 0.6 is 11.6 Å². The maximum Gasteiger partial charge on any atom is 0.321 e. The minimum absolute atomic E-state index is 0.155. The van der Waals surface area contributed by atoms with Crippen molar-refractivity contribution in [1.82, 2.24) is 0 Å². The summed E-state index contributed by atoms with van der Waals surface area (Å²) in [6.45, 7) is 0. The summed E-state index contributed by atoms with van der Waals surface area (Å²) in [4.78, 5) is 10.1. The molecule has 0 aromatic rings. The van der Waals surface area contributed by atoms with E-state index in [9.17, 15) is 4.79 Å². The second-order valence-electron chi connectivity index (χ2n) is 1.64. The lowest BCUT2D eigenvalue weighted by Gasteiger charge is -1.97. The molecular weight excluding hydrogens is 154 g/mol. The highest BCUT2D eigenvalue weighted by atomic mass is 35.5. The van der Waals surface area contributed by atoms with Crippen LogP contribution < -0.4 is 5.73 Å². The molecule has 0 rings (SSSR count). The van der Waals surface area contributed by atoms with Gasteiger partial charge < -0.3 is 10.8 Å². The van der Waals surface area contributed by atoms with E-state index in [2.05, 4.69) is 11.8 Å². The first-order chi connectivity index (χ1) is 4.68. The highest BCUT2D eigenvalue weighted by molar-refractivity contribution is 6.19. The van der Waals surface area contributed by atoms with Crippen LogP contribution in [0, 0.1) is 11.8 Å². The van der Waals surface area contributed by atoms with Crippen molar-refractivity contribution in [3.05, 3.63) is 0 Å². The van der Waals surface area contributed by atoms with Crippen LogP contribution in [-0.2, 0) is 4.79 Å². The van der Waals surface area contributed by atoms with Gasteiger partial charge in [0.1, 0.15) is 6.04 Å². The Balaban J connectivity index is 3.58. The van der Waals surface area contributed by atoms with Gasteiger partial charge in [-0.3, -0.25) is 4.79 Å². The van der Waals surface area contributed by atoms with Crippen LogP contribution in [0.25, 0.3) is 0 Å². The van der Waals surface area contributed by atoms with Crippen LogP contribution in [0.1, 0.15) is 6.42 Å². The van der Waals surface area contributed by atoms with Gasteiger partial charge in [-0.25, -0.2) is 0 Å². The van der Waals surface area contributed by atoms with E-state index in [1.165, 1.54) is 0 Å². The van der Waals surface area contributed by atoms with Crippen molar-refractivity contribution >= 4 is 17.6 Å². The van der Waals surface area contributed by atoms with Gasteiger partial charge in [0.25, 0.3) is 0 Å². The molecule has 0 amide bonds. The van der Waals surface area contributed by atoms with Crippen molar-refractivity contribution in [3.63, 3.8) is 0 Å². The number of nitrogens with two attached hydrogens (primary N) is 1. The predicted octanol–water partition coefficient (Wildman–Crippen LogP) is 0.0306. The zero-order valence-corrected chi connectivity index (χ0v) is 6.06. The molecule has 0 aliphatic heterocycles. The Morgan fingerprint density at radius 3 is 2.70 bits per heavy atom. The summed E-state index contributed by atoms with van der Waals surface area (Å²) in [5.41, 5.74) is 5.11. The normalized spacial score (nSPS) is 11.4. The summed E-state index contributed by atoms with van der Waals surface area (Å²) in [5.74, 6) is 4.21. The largest absolute Gasteiger partial charge is 0.480 e. The average molecular weight is 162 g/mol. The molecule has 0 spiro atoms. The smallest absolute Gasteiger partial charge is 0.321 e. The number of alkyl halides is 1. The highest BCUT2D eigenvalue weighted by Gasteiger charge is 2.07. The van der Waals surface area contributed by atoms with Crippen molar-refractivity contribution in [2.24, 2.45) is 5.73 Å². The number of hydrogen-bond donors (Lipinski definition) is 2. The molecule has 3 N–H and O–H groups in total. The Morgan fingerprint density at radius 1 is 1.70 bits per heavy atom. The molecule has 3 nitrogen and oxygen atoms in total. The van der Waals surface area contributed by atoms with Crippen LogP contribution in [0.4, 0.5) is 0 Å². The minimum atomic E-state index is -1.04. The van der Waals surface area contributed by atoms with Crippen molar-refractivity contribution in [1.29, 1.82) is 0 Å². The number of rotatable bonds is 2. The summed E-state index contributed by atoms with van der Waals surface area (Å²) in [6, 6.07) is -0.893. The third-order valence-electron chi connectivity index (χ3n) is 0.831. The Labute approximate surface area is 64.2 Å². The quantitative estimate of drug-likeness (QED) is 0.444. The third-order valence-corrected chi connectivity index (χ3v) is 0.965. The number of hydrogen-bond acceptors (Lipinski definition) is 2. The second kappa shape index (κ2) is 5.10. The lowest BCUT2D eigenvalue weighted by molar-refractivity contribution is -0.138. The van der Waals surface area contributed by atoms with Gasteiger partial charge in [0.2, 0.25) is 0 Å². The van der Waals surface area contributed by atoms with E-state index in [-0.39, 0.29) is 12.3 Å². The second-order valence-corrected chi connectivity index (χ2v) is 1.90. The van der Waals surface area contributed by atoms with E-state index in [1.54, 1.807) is 0 Å². The summed E-state index contributed by atoms with van der Waals surface area (Å²) in [5, 5.41) is 8.26. The highest BCUT2D eigenvalue weighted by Crippen LogP contribution is 1.84. The fourth-order valence-corrected chi connectivity index (χ4v) is 0.411. The number of carboxylic acids is 1. The van der Waals surface area contributed by atoms with Crippen LogP contribution in [-0.4, -0.2) is 23.0 Å². The van der Waals surface area contributed by atoms with Gasteiger partial charge in [0.05, 0.1) is 5.88 Å². The van der Waals surface area contributed by atoms with E-state index in [0.29, 0.717) is 0 Å². The Morgan fingerprint density at radius 2 is 2.30 bits per heavy atom. The molecule has 0 heterocycles. The Hall–Kier alpha value is -0.720. The maximum atomic E-state index is 10.1. The monoisotopic (exact) mass is 161 g/mol. The molecule has 0 aromatic carbocycles. The summed E-state index contributed by atoms with van der Waals surface area (Å²) < 4.78 is 0. The van der Waals surface area contributed by atoms with Gasteiger partial charge in [-0.15, -0.1) is 11.6 Å². The van der Waals surface area contributed by atoms with Crippen LogP contribution in [0.2, 0.25) is 0 Å². The van der Waals surface area contributed by atoms with Gasteiger partial charge in [0, 0.05) is 6.42 Å². The number of halogens is 1. The van der Waals surface area contributed by atoms with Gasteiger partial charge in [-0.1, -0.05) is 11.8 Å². The molecule has 10 heavy (non-hydrogen) atoms. The van der Waals surface area contributed by atoms with E-state index >= 15 is 0 Å². The molecule has 0 bridgehead atoms. The molecule has 4 heteroatoms. The SMILES string of the molecule is N[C@@H](CC#CCCl)C(=O)O. The Bertz CT molecular complexity index is 170. The van der Waals surface area contributed by atoms with E-state index < -0.39 is 12.0 Å². The maximum absolute atomic E-state index is 10.1. The predicted molar refractivity (Wildman–Crippen MR) is 38.7 cm³/mol. The molecule has 0 saturated heterocycles. The van der Waals surface area contributed by atoms with E-state index in [4.69, 9.17) is 22.4 Å². The van der Waals surface area contributed by atoms with Gasteiger partial charge in [-0.2, -0.15) is 0 Å². The van der Waals surface area contributed by atoms with Crippen molar-refractivity contribution < 1.29 is 9.90 Å². The first kappa shape index (κ1) is 9.28. The van der Waals surface area contributed by atoms with Crippen LogP contribution in [0.5, 0.6) is 0 Å². The summed E-state index contributed by atoms with van der Waals surface area (Å²) in [7, 11) is 0. The molecule has 0 unspecified atom stereocenters. The molecule has 0 fully saturated rings. The molecule has 0 radical (unpaired) electrons. The zero-order valence-electron chi connectivity index (χ0n) is 5.30. The first-order valence-electron chi connectivity index (χ1n) is 2.68. The molecular formula is C6H8ClNO2. The standard InChI is InChI=1S/C6H8ClNO2/c7-4-2-1-3-5(8)6(9)10/h5H,3-4,8H2,(H,9,10)/t5-/m0/s1. The minimum Gasteiger partial charge on any atom is -0.480 e. The summed E-state index contributed by atoms with van der Waals surface area (Å²) >= 11 is 5.20. The van der Waals surface area contributed by atoms with Crippen LogP contribution in [0.3, 0.4) is 0 Å². The third kappa shape index (κ3) is 4.19. The fraction of sp³-hybridized carbons (Fsp3) is 0.500. The topological polar surface area (TPSA) is 63.3 Å². The molecule has 0 saturated carbocycles. The number of aliphatic carboxylic acids is 1. The van der Waals surface area contributed by atoms with Gasteiger partial charge in [0.15, 0.2) is 0 Å². The van der Waals surface area contributed by atoms with Crippen molar-refractivity contribution in [2.45, 2.75) is 12.5 Å². The Kier molecular flexibility index (Phi) is 4.73. The number of carboxylic acid groups (broad SMARTS) is 1. The van der Waals surface area contributed by atoms with E-state index in [1.807, 2.05) is 0 Å². The molecule has 56 valence electrons. The molecule has 0 aromatic heterocycles.